The van der Waals surface area contributed by atoms with Gasteiger partial charge in [-0.2, -0.15) is 0 Å². The maximum absolute atomic E-state index is 13.6. The largest absolute Gasteiger partial charge is 0.495 e. The molecule has 174 valence electrons. The monoisotopic (exact) mass is 486 g/mol. The number of nitrogens with zero attached hydrogens (tertiary/aromatic N) is 1. The van der Waals surface area contributed by atoms with Gasteiger partial charge in [-0.05, 0) is 69.2 Å². The standard InChI is InChI=1S/C25H27ClN2O4S/c1-16-6-9-21(10-7-16)33(30,31)28(22-14-20(26)8-11-23(22)32-5)15-24(29)27-25-18(3)12-17(2)13-19(25)4/h6-14H,15H2,1-5H3,(H,27,29). The number of aryl methyl sites for hydroxylation is 4. The summed E-state index contributed by atoms with van der Waals surface area (Å²) in [5.74, 6) is -0.201. The van der Waals surface area contributed by atoms with Crippen LogP contribution in [-0.4, -0.2) is 28.0 Å². The number of halogens is 1. The van der Waals surface area contributed by atoms with E-state index in [1.54, 1.807) is 24.3 Å². The van der Waals surface area contributed by atoms with E-state index in [-0.39, 0.29) is 16.3 Å². The first-order valence-electron chi connectivity index (χ1n) is 10.3. The van der Waals surface area contributed by atoms with Crippen molar-refractivity contribution in [2.24, 2.45) is 0 Å². The molecule has 0 aliphatic heterocycles. The Hall–Kier alpha value is -3.03. The number of methoxy groups -OCH3 is 1. The van der Waals surface area contributed by atoms with Crippen molar-refractivity contribution in [1.82, 2.24) is 0 Å². The third-order valence-electron chi connectivity index (χ3n) is 5.25. The summed E-state index contributed by atoms with van der Waals surface area (Å²) in [6, 6.07) is 15.0. The zero-order chi connectivity index (χ0) is 24.3. The summed E-state index contributed by atoms with van der Waals surface area (Å²) in [4.78, 5) is 13.2. The van der Waals surface area contributed by atoms with E-state index >= 15 is 0 Å². The van der Waals surface area contributed by atoms with Gasteiger partial charge in [0.1, 0.15) is 12.3 Å². The molecule has 0 unspecified atom stereocenters. The third kappa shape index (κ3) is 5.49. The van der Waals surface area contributed by atoms with Crippen LogP contribution in [0.25, 0.3) is 0 Å². The molecule has 0 aliphatic rings. The van der Waals surface area contributed by atoms with Gasteiger partial charge in [0.2, 0.25) is 5.91 Å². The van der Waals surface area contributed by atoms with Gasteiger partial charge in [-0.1, -0.05) is 47.0 Å². The Balaban J connectivity index is 2.05. The number of anilines is 2. The highest BCUT2D eigenvalue weighted by Crippen LogP contribution is 2.35. The van der Waals surface area contributed by atoms with Gasteiger partial charge in [-0.15, -0.1) is 0 Å². The van der Waals surface area contributed by atoms with Crippen molar-refractivity contribution in [3.05, 3.63) is 81.9 Å². The van der Waals surface area contributed by atoms with E-state index in [1.165, 1.54) is 25.3 Å². The number of hydrogen-bond donors (Lipinski definition) is 1. The quantitative estimate of drug-likeness (QED) is 0.484. The van der Waals surface area contributed by atoms with E-state index in [0.29, 0.717) is 10.7 Å². The molecule has 0 aliphatic carbocycles. The molecule has 0 spiro atoms. The second-order valence-corrected chi connectivity index (χ2v) is 10.3. The Morgan fingerprint density at radius 2 is 1.55 bits per heavy atom. The maximum Gasteiger partial charge on any atom is 0.264 e. The normalized spacial score (nSPS) is 11.2. The fraction of sp³-hybridized carbons (Fsp3) is 0.240. The van der Waals surface area contributed by atoms with Crippen molar-refractivity contribution in [3.8, 4) is 5.75 Å². The van der Waals surface area contributed by atoms with E-state index in [2.05, 4.69) is 5.32 Å². The summed E-state index contributed by atoms with van der Waals surface area (Å²) < 4.78 is 33.7. The number of carbonyl (C=O) groups excluding carboxylic acids is 1. The van der Waals surface area contributed by atoms with E-state index < -0.39 is 22.5 Å². The molecule has 3 aromatic carbocycles. The molecule has 0 radical (unpaired) electrons. The lowest BCUT2D eigenvalue weighted by atomic mass is 10.1. The Bertz CT molecular complexity index is 1270. The molecule has 1 N–H and O–H groups in total. The predicted molar refractivity (Wildman–Crippen MR) is 133 cm³/mol. The van der Waals surface area contributed by atoms with E-state index in [9.17, 15) is 13.2 Å². The van der Waals surface area contributed by atoms with Gasteiger partial charge in [0.05, 0.1) is 17.7 Å². The van der Waals surface area contributed by atoms with Crippen LogP contribution in [0.1, 0.15) is 22.3 Å². The lowest BCUT2D eigenvalue weighted by Crippen LogP contribution is -2.38. The second-order valence-electron chi connectivity index (χ2n) is 7.96. The fourth-order valence-corrected chi connectivity index (χ4v) is 5.27. The minimum absolute atomic E-state index is 0.0608. The summed E-state index contributed by atoms with van der Waals surface area (Å²) in [5, 5.41) is 3.19. The van der Waals surface area contributed by atoms with Gasteiger partial charge in [-0.3, -0.25) is 9.10 Å². The molecular formula is C25H27ClN2O4S. The number of sulfonamides is 1. The third-order valence-corrected chi connectivity index (χ3v) is 7.26. The van der Waals surface area contributed by atoms with Gasteiger partial charge in [0, 0.05) is 10.7 Å². The molecule has 0 fully saturated rings. The van der Waals surface area contributed by atoms with Gasteiger partial charge in [0.25, 0.3) is 10.0 Å². The number of carbonyl (C=O) groups is 1. The highest BCUT2D eigenvalue weighted by atomic mass is 35.5. The van der Waals surface area contributed by atoms with Crippen LogP contribution in [0, 0.1) is 27.7 Å². The lowest BCUT2D eigenvalue weighted by molar-refractivity contribution is -0.114. The molecule has 1 amide bonds. The summed E-state index contributed by atoms with van der Waals surface area (Å²) in [7, 11) is -2.67. The molecule has 0 atom stereocenters. The molecule has 33 heavy (non-hydrogen) atoms. The smallest absolute Gasteiger partial charge is 0.264 e. The Morgan fingerprint density at radius 1 is 0.939 bits per heavy atom. The number of ether oxygens (including phenoxy) is 1. The fourth-order valence-electron chi connectivity index (χ4n) is 3.68. The Labute approximate surface area is 200 Å². The van der Waals surface area contributed by atoms with Crippen LogP contribution in [0.3, 0.4) is 0 Å². The van der Waals surface area contributed by atoms with Gasteiger partial charge >= 0.3 is 0 Å². The first kappa shape index (κ1) is 24.6. The summed E-state index contributed by atoms with van der Waals surface area (Å²) in [6.07, 6.45) is 0. The van der Waals surface area contributed by atoms with E-state index in [4.69, 9.17) is 16.3 Å². The molecule has 3 aromatic rings. The van der Waals surface area contributed by atoms with E-state index in [0.717, 1.165) is 26.6 Å². The molecule has 8 heteroatoms. The lowest BCUT2D eigenvalue weighted by Gasteiger charge is -2.26. The van der Waals surface area contributed by atoms with Crippen molar-refractivity contribution in [1.29, 1.82) is 0 Å². The highest BCUT2D eigenvalue weighted by molar-refractivity contribution is 7.92. The van der Waals surface area contributed by atoms with Crippen molar-refractivity contribution < 1.29 is 17.9 Å². The maximum atomic E-state index is 13.6. The number of hydrogen-bond acceptors (Lipinski definition) is 4. The molecular weight excluding hydrogens is 460 g/mol. The minimum Gasteiger partial charge on any atom is -0.495 e. The molecule has 0 bridgehead atoms. The topological polar surface area (TPSA) is 75.7 Å². The van der Waals surface area contributed by atoms with Crippen LogP contribution in [0.4, 0.5) is 11.4 Å². The average molecular weight is 487 g/mol. The number of rotatable bonds is 7. The first-order valence-corrected chi connectivity index (χ1v) is 12.2. The summed E-state index contributed by atoms with van der Waals surface area (Å²) in [6.45, 7) is 7.19. The minimum atomic E-state index is -4.10. The van der Waals surface area contributed by atoms with Gasteiger partial charge < -0.3 is 10.1 Å². The molecule has 6 nitrogen and oxygen atoms in total. The first-order chi connectivity index (χ1) is 15.5. The molecule has 0 aromatic heterocycles. The Morgan fingerprint density at radius 3 is 2.12 bits per heavy atom. The average Bonchev–Trinajstić information content (AvgIpc) is 2.74. The second kappa shape index (κ2) is 9.85. The zero-order valence-electron chi connectivity index (χ0n) is 19.3. The molecule has 0 saturated carbocycles. The number of amides is 1. The molecule has 0 heterocycles. The van der Waals surface area contributed by atoms with Crippen molar-refractivity contribution in [2.75, 3.05) is 23.3 Å². The summed E-state index contributed by atoms with van der Waals surface area (Å²) in [5.41, 5.74) is 4.64. The number of nitrogens with one attached hydrogen (secondary N) is 1. The van der Waals surface area contributed by atoms with Crippen LogP contribution in [0.2, 0.25) is 5.02 Å². The van der Waals surface area contributed by atoms with Gasteiger partial charge in [-0.25, -0.2) is 8.42 Å². The predicted octanol–water partition coefficient (Wildman–Crippen LogP) is 5.42. The van der Waals surface area contributed by atoms with E-state index in [1.807, 2.05) is 39.8 Å². The van der Waals surface area contributed by atoms with Crippen LogP contribution < -0.4 is 14.4 Å². The van der Waals surface area contributed by atoms with Crippen molar-refractivity contribution >= 4 is 38.9 Å². The van der Waals surface area contributed by atoms with Crippen LogP contribution in [0.15, 0.2) is 59.5 Å². The summed E-state index contributed by atoms with van der Waals surface area (Å²) >= 11 is 6.18. The van der Waals surface area contributed by atoms with Crippen molar-refractivity contribution in [3.63, 3.8) is 0 Å². The Kier molecular flexibility index (Phi) is 7.34. The SMILES string of the molecule is COc1ccc(Cl)cc1N(CC(=O)Nc1c(C)cc(C)cc1C)S(=O)(=O)c1ccc(C)cc1. The zero-order valence-corrected chi connectivity index (χ0v) is 20.8. The molecule has 0 saturated heterocycles. The van der Waals surface area contributed by atoms with Crippen molar-refractivity contribution in [2.45, 2.75) is 32.6 Å². The van der Waals surface area contributed by atoms with Crippen LogP contribution >= 0.6 is 11.6 Å². The number of benzene rings is 3. The molecule has 3 rings (SSSR count). The van der Waals surface area contributed by atoms with Crippen LogP contribution in [0.5, 0.6) is 5.75 Å². The highest BCUT2D eigenvalue weighted by Gasteiger charge is 2.30. The van der Waals surface area contributed by atoms with Gasteiger partial charge in [0.15, 0.2) is 0 Å². The van der Waals surface area contributed by atoms with Crippen LogP contribution in [-0.2, 0) is 14.8 Å².